The summed E-state index contributed by atoms with van der Waals surface area (Å²) in [6.07, 6.45) is 4.31. The minimum Gasteiger partial charge on any atom is -0.379 e. The molecule has 3 N–H and O–H groups in total. The lowest BCUT2D eigenvalue weighted by Gasteiger charge is -2.31. The summed E-state index contributed by atoms with van der Waals surface area (Å²) in [6.45, 7) is 18.5. The molecule has 1 aromatic rings. The van der Waals surface area contributed by atoms with Gasteiger partial charge in [0.15, 0.2) is 0 Å². The highest BCUT2D eigenvalue weighted by Crippen LogP contribution is 2.22. The Morgan fingerprint density at radius 2 is 1.17 bits per heavy atom. The van der Waals surface area contributed by atoms with Crippen LogP contribution in [0, 0.1) is 18.8 Å². The molecule has 0 unspecified atom stereocenters. The second kappa shape index (κ2) is 35.2. The topological polar surface area (TPSA) is 213 Å². The maximum Gasteiger partial charge on any atom is 0.246 e. The number of ether oxygens (including phenoxy) is 8. The quantitative estimate of drug-likeness (QED) is 0.0377. The lowest BCUT2D eigenvalue weighted by Crippen LogP contribution is -2.53. The molecule has 0 radical (unpaired) electrons. The fourth-order valence-electron chi connectivity index (χ4n) is 6.07. The Bertz CT molecular complexity index is 1310. The Hall–Kier alpha value is -3.42. The van der Waals surface area contributed by atoms with Gasteiger partial charge >= 0.3 is 0 Å². The molecule has 1 saturated heterocycles. The number of nitrogens with zero attached hydrogens (tertiary/aromatic N) is 4. The highest BCUT2D eigenvalue weighted by atomic mass is 16.6. The minimum atomic E-state index is -0.754. The van der Waals surface area contributed by atoms with Crippen LogP contribution in [0.5, 0.6) is 0 Å². The zero-order chi connectivity index (χ0) is 43.5. The summed E-state index contributed by atoms with van der Waals surface area (Å²) in [5.74, 6) is -0.373. The molecular formula is C42H73N7O11. The summed E-state index contributed by atoms with van der Waals surface area (Å²) >= 11 is 0. The zero-order valence-electron chi connectivity index (χ0n) is 36.6. The van der Waals surface area contributed by atoms with E-state index in [1.54, 1.807) is 6.92 Å². The first-order valence-corrected chi connectivity index (χ1v) is 21.5. The average molecular weight is 852 g/mol. The third-order valence-corrected chi connectivity index (χ3v) is 9.61. The van der Waals surface area contributed by atoms with E-state index in [4.69, 9.17) is 43.4 Å². The van der Waals surface area contributed by atoms with Crippen molar-refractivity contribution in [1.82, 2.24) is 15.5 Å². The number of nitrogens with one attached hydrogen (secondary N) is 3. The zero-order valence-corrected chi connectivity index (χ0v) is 36.6. The van der Waals surface area contributed by atoms with Gasteiger partial charge < -0.3 is 58.7 Å². The van der Waals surface area contributed by atoms with Crippen molar-refractivity contribution >= 4 is 23.4 Å². The number of carbonyl (C=O) groups is 3. The van der Waals surface area contributed by atoms with Crippen molar-refractivity contribution in [3.63, 3.8) is 0 Å². The molecule has 0 spiro atoms. The summed E-state index contributed by atoms with van der Waals surface area (Å²) in [4.78, 5) is 43.5. The van der Waals surface area contributed by atoms with E-state index in [0.717, 1.165) is 50.9 Å². The van der Waals surface area contributed by atoms with Crippen molar-refractivity contribution in [3.05, 3.63) is 40.3 Å². The van der Waals surface area contributed by atoms with E-state index in [1.165, 1.54) is 0 Å². The predicted octanol–water partition coefficient (Wildman–Crippen LogP) is 3.90. The van der Waals surface area contributed by atoms with Crippen LogP contribution in [-0.2, 0) is 52.3 Å². The lowest BCUT2D eigenvalue weighted by atomic mass is 9.91. The van der Waals surface area contributed by atoms with Crippen molar-refractivity contribution in [1.29, 1.82) is 0 Å². The number of azide groups is 1. The van der Waals surface area contributed by atoms with Crippen molar-refractivity contribution < 1.29 is 52.3 Å². The number of likely N-dealkylation sites (tertiary alicyclic amines) is 1. The Labute approximate surface area is 356 Å². The second-order valence-electron chi connectivity index (χ2n) is 14.9. The van der Waals surface area contributed by atoms with Gasteiger partial charge in [0.1, 0.15) is 12.1 Å². The van der Waals surface area contributed by atoms with E-state index in [-0.39, 0.29) is 23.6 Å². The fourth-order valence-corrected chi connectivity index (χ4v) is 6.07. The number of hydrogen-bond acceptors (Lipinski definition) is 13. The van der Waals surface area contributed by atoms with Crippen LogP contribution in [0.25, 0.3) is 10.4 Å². The average Bonchev–Trinajstić information content (AvgIpc) is 3.23. The van der Waals surface area contributed by atoms with Crippen LogP contribution in [-0.4, -0.2) is 167 Å². The van der Waals surface area contributed by atoms with Crippen LogP contribution in [0.1, 0.15) is 58.4 Å². The van der Waals surface area contributed by atoms with Gasteiger partial charge in [0, 0.05) is 30.1 Å². The van der Waals surface area contributed by atoms with Crippen molar-refractivity contribution in [2.24, 2.45) is 17.0 Å². The smallest absolute Gasteiger partial charge is 0.246 e. The molecule has 0 aliphatic carbocycles. The Kier molecular flexibility index (Phi) is 30.9. The molecule has 1 heterocycles. The van der Waals surface area contributed by atoms with E-state index >= 15 is 0 Å². The number of carbonyl (C=O) groups excluding carboxylic acids is 3. The molecular weight excluding hydrogens is 778 g/mol. The number of aryl methyl sites for hydroxylation is 1. The maximum absolute atomic E-state index is 13.0. The molecule has 1 aromatic carbocycles. The predicted molar refractivity (Wildman–Crippen MR) is 228 cm³/mol. The molecule has 1 aliphatic heterocycles. The van der Waals surface area contributed by atoms with Crippen LogP contribution in [0.15, 0.2) is 29.4 Å². The Morgan fingerprint density at radius 1 is 0.700 bits per heavy atom. The largest absolute Gasteiger partial charge is 0.379 e. The molecule has 2 atom stereocenters. The second-order valence-corrected chi connectivity index (χ2v) is 14.9. The van der Waals surface area contributed by atoms with Crippen molar-refractivity contribution in [2.45, 2.75) is 71.9 Å². The Balaban J connectivity index is 1.34. The number of hydrogen-bond donors (Lipinski definition) is 3. The molecule has 1 fully saturated rings. The van der Waals surface area contributed by atoms with Crippen LogP contribution in [0.3, 0.4) is 0 Å². The van der Waals surface area contributed by atoms with Gasteiger partial charge in [0.25, 0.3) is 0 Å². The summed E-state index contributed by atoms with van der Waals surface area (Å²) < 4.78 is 43.9. The van der Waals surface area contributed by atoms with Crippen LogP contribution >= 0.6 is 0 Å². The summed E-state index contributed by atoms with van der Waals surface area (Å²) in [7, 11) is 0. The summed E-state index contributed by atoms with van der Waals surface area (Å²) in [5.41, 5.74) is 9.92. The first-order chi connectivity index (χ1) is 29.2. The number of anilines is 1. The first-order valence-electron chi connectivity index (χ1n) is 21.5. The standard InChI is InChI=1S/C42H73N7O11/c1-34(2)40(42(52)45-36(4)41(51)46-38-10-8-35(3)9-11-38)47-39(50)7-5-6-37-12-15-49(16-13-37)17-19-54-21-23-56-25-27-58-29-31-60-33-32-59-30-28-57-26-24-55-22-20-53-18-14-44-48-43/h8-11,34,36-37,40H,5-7,12-33H2,1-4H3,(H,45,52)(H,46,51)(H,47,50)/t36-,40-/m0/s1. The van der Waals surface area contributed by atoms with Gasteiger partial charge in [-0.3, -0.25) is 14.4 Å². The molecule has 18 nitrogen and oxygen atoms in total. The summed E-state index contributed by atoms with van der Waals surface area (Å²) in [5, 5.41) is 11.8. The molecule has 0 bridgehead atoms. The van der Waals surface area contributed by atoms with Crippen LogP contribution in [0.4, 0.5) is 5.69 Å². The van der Waals surface area contributed by atoms with Gasteiger partial charge in [-0.2, -0.15) is 0 Å². The highest BCUT2D eigenvalue weighted by molar-refractivity contribution is 5.98. The Morgan fingerprint density at radius 3 is 1.63 bits per heavy atom. The highest BCUT2D eigenvalue weighted by Gasteiger charge is 2.27. The normalized spacial score (nSPS) is 14.4. The van der Waals surface area contributed by atoms with Gasteiger partial charge in [0.05, 0.1) is 106 Å². The molecule has 0 saturated carbocycles. The molecule has 342 valence electrons. The molecule has 1 aliphatic rings. The maximum atomic E-state index is 13.0. The first kappa shape index (κ1) is 52.7. The van der Waals surface area contributed by atoms with E-state index < -0.39 is 12.1 Å². The SMILES string of the molecule is Cc1ccc(NC(=O)[C@H](C)NC(=O)[C@@H](NC(=O)CCCC2CCN(CCOCCOCCOCCOCCOCCOCCOCCOCCN=[N+]=[N-])CC2)C(C)C)cc1. The summed E-state index contributed by atoms with van der Waals surface area (Å²) in [6, 6.07) is 5.98. The number of benzene rings is 1. The number of amides is 3. The van der Waals surface area contributed by atoms with Crippen molar-refractivity contribution in [2.75, 3.05) is 137 Å². The van der Waals surface area contributed by atoms with Gasteiger partial charge in [-0.1, -0.05) is 36.7 Å². The molecule has 2 rings (SSSR count). The van der Waals surface area contributed by atoms with E-state index in [1.807, 2.05) is 45.0 Å². The number of piperidine rings is 1. The van der Waals surface area contributed by atoms with E-state index in [0.29, 0.717) is 130 Å². The lowest BCUT2D eigenvalue weighted by molar-refractivity contribution is -0.131. The monoisotopic (exact) mass is 852 g/mol. The van der Waals surface area contributed by atoms with E-state index in [2.05, 4.69) is 30.9 Å². The van der Waals surface area contributed by atoms with Crippen LogP contribution in [0.2, 0.25) is 0 Å². The number of rotatable bonds is 37. The third kappa shape index (κ3) is 27.4. The minimum absolute atomic E-state index is 0.129. The van der Waals surface area contributed by atoms with Gasteiger partial charge in [0.2, 0.25) is 17.7 Å². The van der Waals surface area contributed by atoms with Gasteiger partial charge in [-0.15, -0.1) is 0 Å². The third-order valence-electron chi connectivity index (χ3n) is 9.61. The molecule has 0 aromatic heterocycles. The molecule has 18 heteroatoms. The van der Waals surface area contributed by atoms with Gasteiger partial charge in [-0.05, 0) is 82.1 Å². The molecule has 60 heavy (non-hydrogen) atoms. The fraction of sp³-hybridized carbons (Fsp3) is 0.786. The van der Waals surface area contributed by atoms with Crippen LogP contribution < -0.4 is 16.0 Å². The van der Waals surface area contributed by atoms with E-state index in [9.17, 15) is 14.4 Å². The molecule has 3 amide bonds. The van der Waals surface area contributed by atoms with Crippen molar-refractivity contribution in [3.8, 4) is 0 Å². The van der Waals surface area contributed by atoms with Gasteiger partial charge in [-0.25, -0.2) is 0 Å².